The number of aromatic nitrogens is 1. The highest BCUT2D eigenvalue weighted by atomic mass is 32.2. The lowest BCUT2D eigenvalue weighted by molar-refractivity contribution is -0.120. The SMILES string of the molecule is O=C(Nc1ccc(-c2nccs2)cc1)C1CCN(C2=NS(=O)(=O)c3ccccc32)CC1. The summed E-state index contributed by atoms with van der Waals surface area (Å²) < 4.78 is 28.6. The van der Waals surface area contributed by atoms with E-state index < -0.39 is 10.0 Å². The summed E-state index contributed by atoms with van der Waals surface area (Å²) in [5.41, 5.74) is 2.42. The van der Waals surface area contributed by atoms with Crippen molar-refractivity contribution in [1.82, 2.24) is 9.88 Å². The number of sulfonamides is 1. The summed E-state index contributed by atoms with van der Waals surface area (Å²) in [4.78, 5) is 19.3. The summed E-state index contributed by atoms with van der Waals surface area (Å²) in [5.74, 6) is 0.360. The van der Waals surface area contributed by atoms with Gasteiger partial charge in [-0.1, -0.05) is 12.1 Å². The molecule has 0 aliphatic carbocycles. The summed E-state index contributed by atoms with van der Waals surface area (Å²) in [6.07, 6.45) is 3.06. The number of hydrogen-bond donors (Lipinski definition) is 1. The molecule has 5 rings (SSSR count). The van der Waals surface area contributed by atoms with Crippen LogP contribution in [0.25, 0.3) is 10.6 Å². The number of nitrogens with zero attached hydrogens (tertiary/aromatic N) is 3. The molecule has 1 amide bonds. The molecule has 31 heavy (non-hydrogen) atoms. The minimum atomic E-state index is -3.63. The molecule has 7 nitrogen and oxygen atoms in total. The average Bonchev–Trinajstić information content (AvgIpc) is 3.41. The van der Waals surface area contributed by atoms with E-state index in [1.54, 1.807) is 35.7 Å². The number of rotatable bonds is 3. The van der Waals surface area contributed by atoms with Crippen LogP contribution in [0.4, 0.5) is 5.69 Å². The normalized spacial score (nSPS) is 17.8. The Hall–Kier alpha value is -3.04. The molecule has 1 fully saturated rings. The van der Waals surface area contributed by atoms with Gasteiger partial charge in [0.1, 0.15) is 9.90 Å². The summed E-state index contributed by atoms with van der Waals surface area (Å²) >= 11 is 1.57. The Morgan fingerprint density at radius 3 is 2.52 bits per heavy atom. The fourth-order valence-corrected chi connectivity index (χ4v) is 5.85. The zero-order valence-corrected chi connectivity index (χ0v) is 18.2. The van der Waals surface area contributed by atoms with Gasteiger partial charge in [0.2, 0.25) is 5.91 Å². The first-order valence-corrected chi connectivity index (χ1v) is 12.3. The van der Waals surface area contributed by atoms with Crippen molar-refractivity contribution in [3.8, 4) is 10.6 Å². The summed E-state index contributed by atoms with van der Waals surface area (Å²) in [6.45, 7) is 1.17. The zero-order valence-electron chi connectivity index (χ0n) is 16.6. The van der Waals surface area contributed by atoms with E-state index in [4.69, 9.17) is 0 Å². The summed E-state index contributed by atoms with van der Waals surface area (Å²) in [5, 5.41) is 5.88. The number of piperidine rings is 1. The highest BCUT2D eigenvalue weighted by molar-refractivity contribution is 7.90. The van der Waals surface area contributed by atoms with E-state index in [0.717, 1.165) is 16.3 Å². The number of anilines is 1. The molecular formula is C22H20N4O3S2. The number of nitrogens with one attached hydrogen (secondary N) is 1. The number of carbonyl (C=O) groups is 1. The zero-order chi connectivity index (χ0) is 21.4. The van der Waals surface area contributed by atoms with Gasteiger partial charge in [0.25, 0.3) is 10.0 Å². The maximum atomic E-state index is 12.7. The highest BCUT2D eigenvalue weighted by Crippen LogP contribution is 2.30. The Morgan fingerprint density at radius 2 is 1.81 bits per heavy atom. The van der Waals surface area contributed by atoms with Crippen LogP contribution in [0.1, 0.15) is 18.4 Å². The van der Waals surface area contributed by atoms with E-state index in [1.807, 2.05) is 40.6 Å². The molecule has 3 aromatic rings. The van der Waals surface area contributed by atoms with Crippen molar-refractivity contribution in [3.05, 3.63) is 65.7 Å². The Kier molecular flexibility index (Phi) is 5.07. The molecule has 2 aliphatic heterocycles. The Balaban J connectivity index is 1.22. The van der Waals surface area contributed by atoms with Gasteiger partial charge < -0.3 is 10.2 Å². The molecule has 1 N–H and O–H groups in total. The first-order chi connectivity index (χ1) is 15.0. The minimum Gasteiger partial charge on any atom is -0.355 e. The predicted octanol–water partition coefficient (Wildman–Crippen LogP) is 3.61. The van der Waals surface area contributed by atoms with Crippen LogP contribution in [-0.4, -0.2) is 43.1 Å². The first kappa shape index (κ1) is 19.9. The van der Waals surface area contributed by atoms with Gasteiger partial charge in [-0.2, -0.15) is 8.42 Å². The van der Waals surface area contributed by atoms with Crippen LogP contribution < -0.4 is 5.32 Å². The molecule has 9 heteroatoms. The average molecular weight is 453 g/mol. The number of amidine groups is 1. The van der Waals surface area contributed by atoms with Crippen molar-refractivity contribution in [2.24, 2.45) is 10.3 Å². The molecule has 0 unspecified atom stereocenters. The third-order valence-electron chi connectivity index (χ3n) is 5.61. The quantitative estimate of drug-likeness (QED) is 0.655. The van der Waals surface area contributed by atoms with Gasteiger partial charge in [0, 0.05) is 47.4 Å². The van der Waals surface area contributed by atoms with Gasteiger partial charge >= 0.3 is 0 Å². The third-order valence-corrected chi connectivity index (χ3v) is 7.76. The van der Waals surface area contributed by atoms with Gasteiger partial charge in [-0.05, 0) is 49.2 Å². The van der Waals surface area contributed by atoms with E-state index in [2.05, 4.69) is 14.7 Å². The van der Waals surface area contributed by atoms with E-state index >= 15 is 0 Å². The van der Waals surface area contributed by atoms with Crippen molar-refractivity contribution >= 4 is 38.8 Å². The smallest absolute Gasteiger partial charge is 0.285 e. The predicted molar refractivity (Wildman–Crippen MR) is 121 cm³/mol. The van der Waals surface area contributed by atoms with Crippen molar-refractivity contribution in [2.75, 3.05) is 18.4 Å². The molecule has 0 bridgehead atoms. The van der Waals surface area contributed by atoms with E-state index in [-0.39, 0.29) is 16.7 Å². The van der Waals surface area contributed by atoms with Crippen LogP contribution in [0.5, 0.6) is 0 Å². The molecule has 158 valence electrons. The summed E-state index contributed by atoms with van der Waals surface area (Å²) in [7, 11) is -3.63. The van der Waals surface area contributed by atoms with Crippen LogP contribution in [0.2, 0.25) is 0 Å². The molecule has 2 aliphatic rings. The number of hydrogen-bond acceptors (Lipinski definition) is 6. The molecule has 0 radical (unpaired) electrons. The van der Waals surface area contributed by atoms with Gasteiger partial charge in [0.15, 0.2) is 5.84 Å². The number of amides is 1. The Labute approximate surface area is 184 Å². The van der Waals surface area contributed by atoms with Crippen molar-refractivity contribution in [3.63, 3.8) is 0 Å². The van der Waals surface area contributed by atoms with Crippen molar-refractivity contribution in [1.29, 1.82) is 0 Å². The fourth-order valence-electron chi connectivity index (χ4n) is 3.98. The van der Waals surface area contributed by atoms with Crippen LogP contribution in [0.3, 0.4) is 0 Å². The Bertz CT molecular complexity index is 1240. The number of fused-ring (bicyclic) bond motifs is 1. The van der Waals surface area contributed by atoms with E-state index in [9.17, 15) is 13.2 Å². The van der Waals surface area contributed by atoms with Crippen LogP contribution >= 0.6 is 11.3 Å². The van der Waals surface area contributed by atoms with E-state index in [0.29, 0.717) is 37.3 Å². The summed E-state index contributed by atoms with van der Waals surface area (Å²) in [6, 6.07) is 14.6. The second kappa shape index (κ2) is 7.90. The lowest BCUT2D eigenvalue weighted by Gasteiger charge is -2.32. The number of likely N-dealkylation sites (tertiary alicyclic amines) is 1. The molecule has 0 spiro atoms. The van der Waals surface area contributed by atoms with Gasteiger partial charge in [0.05, 0.1) is 0 Å². The molecule has 1 aromatic heterocycles. The molecule has 1 saturated heterocycles. The van der Waals surface area contributed by atoms with Gasteiger partial charge in [-0.3, -0.25) is 4.79 Å². The molecule has 0 saturated carbocycles. The first-order valence-electron chi connectivity index (χ1n) is 10.0. The number of carbonyl (C=O) groups excluding carboxylic acids is 1. The molecule has 2 aromatic carbocycles. The maximum absolute atomic E-state index is 12.7. The molecule has 0 atom stereocenters. The third kappa shape index (κ3) is 3.86. The highest BCUT2D eigenvalue weighted by Gasteiger charge is 2.34. The molecular weight excluding hydrogens is 432 g/mol. The van der Waals surface area contributed by atoms with Gasteiger partial charge in [-0.15, -0.1) is 15.7 Å². The molecule has 3 heterocycles. The monoisotopic (exact) mass is 452 g/mol. The standard InChI is InChI=1S/C22H20N4O3S2/c27-21(24-17-7-5-16(6-8-17)22-23-11-14-30-22)15-9-12-26(13-10-15)20-18-3-1-2-4-19(18)31(28,29)25-20/h1-8,11,14-15H,9-10,12-13H2,(H,24,27). The second-order valence-electron chi connectivity index (χ2n) is 7.55. The number of benzene rings is 2. The van der Waals surface area contributed by atoms with Crippen molar-refractivity contribution < 1.29 is 13.2 Å². The maximum Gasteiger partial charge on any atom is 0.285 e. The lowest BCUT2D eigenvalue weighted by atomic mass is 9.95. The lowest BCUT2D eigenvalue weighted by Crippen LogP contribution is -2.41. The van der Waals surface area contributed by atoms with Gasteiger partial charge in [-0.25, -0.2) is 4.98 Å². The Morgan fingerprint density at radius 1 is 1.06 bits per heavy atom. The van der Waals surface area contributed by atoms with E-state index in [1.165, 1.54) is 0 Å². The minimum absolute atomic E-state index is 0.0111. The van der Waals surface area contributed by atoms with Crippen molar-refractivity contribution in [2.45, 2.75) is 17.7 Å². The van der Waals surface area contributed by atoms with Crippen LogP contribution in [-0.2, 0) is 14.8 Å². The van der Waals surface area contributed by atoms with Crippen LogP contribution in [0, 0.1) is 5.92 Å². The topological polar surface area (TPSA) is 91.7 Å². The fraction of sp³-hybridized carbons (Fsp3) is 0.227. The number of thiazole rings is 1. The largest absolute Gasteiger partial charge is 0.355 e. The second-order valence-corrected chi connectivity index (χ2v) is 10.0. The van der Waals surface area contributed by atoms with Crippen LogP contribution in [0.15, 0.2) is 69.4 Å².